The van der Waals surface area contributed by atoms with Crippen molar-refractivity contribution in [2.75, 3.05) is 16.3 Å². The Hall–Kier alpha value is -0.230. The van der Waals surface area contributed by atoms with Crippen molar-refractivity contribution >= 4 is 45.2 Å². The summed E-state index contributed by atoms with van der Waals surface area (Å²) in [5, 5.41) is 5.02. The molecule has 1 aliphatic heterocycles. The van der Waals surface area contributed by atoms with Crippen LogP contribution in [0.4, 0.5) is 5.69 Å². The summed E-state index contributed by atoms with van der Waals surface area (Å²) < 4.78 is 1.16. The largest absolute Gasteiger partial charge is 0.335 e. The van der Waals surface area contributed by atoms with Crippen LogP contribution in [0.15, 0.2) is 35.3 Å². The summed E-state index contributed by atoms with van der Waals surface area (Å²) in [4.78, 5) is 4.45. The highest BCUT2D eigenvalue weighted by Crippen LogP contribution is 2.23. The average Bonchev–Trinajstić information content (AvgIpc) is 2.67. The summed E-state index contributed by atoms with van der Waals surface area (Å²) in [6, 6.07) is 10.2. The molecule has 1 aromatic rings. The van der Waals surface area contributed by atoms with Gasteiger partial charge in [0.15, 0.2) is 5.17 Å². The minimum absolute atomic E-state index is 0.654. The van der Waals surface area contributed by atoms with Gasteiger partial charge in [0.05, 0.1) is 6.54 Å². The predicted octanol–water partition coefficient (Wildman–Crippen LogP) is 3.00. The molecule has 74 valence electrons. The third-order valence-electron chi connectivity index (χ3n) is 1.91. The molecular formula is C10H11IN2S. The Labute approximate surface area is 102 Å². The van der Waals surface area contributed by atoms with Crippen molar-refractivity contribution in [1.82, 2.24) is 0 Å². The Balaban J connectivity index is 1.94. The minimum Gasteiger partial charge on any atom is -0.335 e. The van der Waals surface area contributed by atoms with Gasteiger partial charge < -0.3 is 5.32 Å². The molecule has 0 spiro atoms. The molecule has 0 bridgehead atoms. The van der Waals surface area contributed by atoms with E-state index in [1.165, 1.54) is 0 Å². The van der Waals surface area contributed by atoms with Gasteiger partial charge in [0, 0.05) is 15.4 Å². The Morgan fingerprint density at radius 3 is 2.86 bits per heavy atom. The van der Waals surface area contributed by atoms with Gasteiger partial charge in [-0.1, -0.05) is 52.6 Å². The van der Waals surface area contributed by atoms with Gasteiger partial charge in [-0.15, -0.1) is 0 Å². The van der Waals surface area contributed by atoms with Crippen LogP contribution in [0.1, 0.15) is 0 Å². The van der Waals surface area contributed by atoms with Gasteiger partial charge in [0.2, 0.25) is 0 Å². The molecule has 0 unspecified atom stereocenters. The normalized spacial score (nSPS) is 20.6. The van der Waals surface area contributed by atoms with Gasteiger partial charge in [-0.25, -0.2) is 0 Å². The lowest BCUT2D eigenvalue weighted by Crippen LogP contribution is -2.07. The molecule has 4 heteroatoms. The third kappa shape index (κ3) is 2.63. The maximum atomic E-state index is 4.45. The molecule has 2 nitrogen and oxygen atoms in total. The molecule has 0 aliphatic carbocycles. The number of alkyl halides is 1. The molecule has 1 aromatic carbocycles. The Morgan fingerprint density at radius 2 is 2.21 bits per heavy atom. The van der Waals surface area contributed by atoms with Crippen LogP contribution in [0.25, 0.3) is 0 Å². The minimum atomic E-state index is 0.654. The summed E-state index contributed by atoms with van der Waals surface area (Å²) in [7, 11) is 0. The van der Waals surface area contributed by atoms with E-state index < -0.39 is 0 Å². The highest BCUT2D eigenvalue weighted by molar-refractivity contribution is 14.1. The second-order valence-corrected chi connectivity index (χ2v) is 5.20. The van der Waals surface area contributed by atoms with E-state index in [2.05, 4.69) is 45.0 Å². The molecule has 1 heterocycles. The van der Waals surface area contributed by atoms with Crippen LogP contribution in [0, 0.1) is 0 Å². The molecule has 1 atom stereocenters. The summed E-state index contributed by atoms with van der Waals surface area (Å²) in [6.45, 7) is 0.947. The molecule has 0 radical (unpaired) electrons. The standard InChI is InChI=1S/C10H11IN2S/c11-6-9-7-12-10(14-9)13-8-4-2-1-3-5-8/h1-5,9H,6-7H2,(H,12,13)/t9-/m1/s1. The highest BCUT2D eigenvalue weighted by atomic mass is 127. The fourth-order valence-corrected chi connectivity index (χ4v) is 2.88. The maximum absolute atomic E-state index is 4.45. The van der Waals surface area contributed by atoms with Gasteiger partial charge >= 0.3 is 0 Å². The zero-order valence-corrected chi connectivity index (χ0v) is 10.6. The Kier molecular flexibility index (Phi) is 3.69. The molecule has 1 N–H and O–H groups in total. The van der Waals surface area contributed by atoms with E-state index in [1.807, 2.05) is 30.0 Å². The number of nitrogens with zero attached hydrogens (tertiary/aromatic N) is 1. The lowest BCUT2D eigenvalue weighted by Gasteiger charge is -2.05. The quantitative estimate of drug-likeness (QED) is 0.670. The van der Waals surface area contributed by atoms with Crippen LogP contribution in [-0.2, 0) is 0 Å². The first kappa shape index (κ1) is 10.3. The second kappa shape index (κ2) is 5.02. The number of halogens is 1. The van der Waals surface area contributed by atoms with Crippen LogP contribution >= 0.6 is 34.4 Å². The number of anilines is 1. The van der Waals surface area contributed by atoms with Crippen molar-refractivity contribution in [3.63, 3.8) is 0 Å². The van der Waals surface area contributed by atoms with Crippen LogP contribution in [0.2, 0.25) is 0 Å². The predicted molar refractivity (Wildman–Crippen MR) is 72.6 cm³/mol. The van der Waals surface area contributed by atoms with Crippen LogP contribution < -0.4 is 5.32 Å². The third-order valence-corrected chi connectivity index (χ3v) is 4.68. The van der Waals surface area contributed by atoms with E-state index in [0.717, 1.165) is 21.8 Å². The van der Waals surface area contributed by atoms with Crippen molar-refractivity contribution in [3.8, 4) is 0 Å². The lowest BCUT2D eigenvalue weighted by atomic mass is 10.3. The van der Waals surface area contributed by atoms with E-state index in [4.69, 9.17) is 0 Å². The zero-order chi connectivity index (χ0) is 9.80. The smallest absolute Gasteiger partial charge is 0.161 e. The first-order valence-electron chi connectivity index (χ1n) is 4.47. The van der Waals surface area contributed by atoms with Crippen molar-refractivity contribution in [3.05, 3.63) is 30.3 Å². The monoisotopic (exact) mass is 318 g/mol. The van der Waals surface area contributed by atoms with Gasteiger partial charge in [-0.3, -0.25) is 4.99 Å². The van der Waals surface area contributed by atoms with E-state index in [-0.39, 0.29) is 0 Å². The first-order chi connectivity index (χ1) is 6.88. The topological polar surface area (TPSA) is 24.4 Å². The van der Waals surface area contributed by atoms with Crippen molar-refractivity contribution in [2.45, 2.75) is 5.25 Å². The molecule has 0 aromatic heterocycles. The van der Waals surface area contributed by atoms with Gasteiger partial charge in [0.1, 0.15) is 0 Å². The number of thioether (sulfide) groups is 1. The molecular weight excluding hydrogens is 307 g/mol. The number of hydrogen-bond donors (Lipinski definition) is 1. The summed E-state index contributed by atoms with van der Waals surface area (Å²) in [5.41, 5.74) is 1.12. The fourth-order valence-electron chi connectivity index (χ4n) is 1.21. The van der Waals surface area contributed by atoms with Gasteiger partial charge in [-0.2, -0.15) is 0 Å². The lowest BCUT2D eigenvalue weighted by molar-refractivity contribution is 0.999. The molecule has 2 rings (SSSR count). The molecule has 0 saturated carbocycles. The second-order valence-electron chi connectivity index (χ2n) is 3.03. The Morgan fingerprint density at radius 1 is 1.43 bits per heavy atom. The fraction of sp³-hybridized carbons (Fsp3) is 0.300. The van der Waals surface area contributed by atoms with E-state index in [1.54, 1.807) is 0 Å². The molecule has 0 fully saturated rings. The van der Waals surface area contributed by atoms with Gasteiger partial charge in [-0.05, 0) is 12.1 Å². The first-order valence-corrected chi connectivity index (χ1v) is 6.88. The maximum Gasteiger partial charge on any atom is 0.161 e. The SMILES string of the molecule is IC[C@@H]1CN=C(Nc2ccccc2)S1. The summed E-state index contributed by atoms with van der Waals surface area (Å²) in [6.07, 6.45) is 0. The molecule has 14 heavy (non-hydrogen) atoms. The Bertz CT molecular complexity index is 326. The van der Waals surface area contributed by atoms with Crippen molar-refractivity contribution in [1.29, 1.82) is 0 Å². The van der Waals surface area contributed by atoms with E-state index >= 15 is 0 Å². The van der Waals surface area contributed by atoms with Crippen LogP contribution in [0.5, 0.6) is 0 Å². The molecule has 1 aliphatic rings. The van der Waals surface area contributed by atoms with Crippen LogP contribution in [0.3, 0.4) is 0 Å². The number of amidine groups is 1. The number of para-hydroxylation sites is 1. The molecule has 0 saturated heterocycles. The van der Waals surface area contributed by atoms with E-state index in [0.29, 0.717) is 5.25 Å². The number of rotatable bonds is 2. The number of benzene rings is 1. The van der Waals surface area contributed by atoms with Crippen LogP contribution in [-0.4, -0.2) is 21.4 Å². The van der Waals surface area contributed by atoms with Crippen molar-refractivity contribution < 1.29 is 0 Å². The number of aliphatic imine (C=N–C) groups is 1. The van der Waals surface area contributed by atoms with Gasteiger partial charge in [0.25, 0.3) is 0 Å². The van der Waals surface area contributed by atoms with E-state index in [9.17, 15) is 0 Å². The number of nitrogens with one attached hydrogen (secondary N) is 1. The number of hydrogen-bond acceptors (Lipinski definition) is 3. The summed E-state index contributed by atoms with van der Waals surface area (Å²) in [5.74, 6) is 0. The summed E-state index contributed by atoms with van der Waals surface area (Å²) >= 11 is 4.25. The highest BCUT2D eigenvalue weighted by Gasteiger charge is 2.17. The molecule has 0 amide bonds. The zero-order valence-electron chi connectivity index (χ0n) is 7.61. The van der Waals surface area contributed by atoms with Crippen molar-refractivity contribution in [2.24, 2.45) is 4.99 Å². The average molecular weight is 318 g/mol.